The zero-order valence-corrected chi connectivity index (χ0v) is 20.9. The van der Waals surface area contributed by atoms with Gasteiger partial charge < -0.3 is 24.8 Å². The smallest absolute Gasteiger partial charge is 0.263 e. The Morgan fingerprint density at radius 3 is 2.20 bits per heavy atom. The second-order valence-corrected chi connectivity index (χ2v) is 8.63. The number of methoxy groups -OCH3 is 2. The van der Waals surface area contributed by atoms with Crippen LogP contribution < -0.4 is 24.8 Å². The Balaban J connectivity index is 1.55. The molecule has 3 rings (SSSR count). The lowest BCUT2D eigenvalue weighted by Crippen LogP contribution is -2.15. The Kier molecular flexibility index (Phi) is 9.86. The van der Waals surface area contributed by atoms with Crippen LogP contribution in [0.15, 0.2) is 71.6 Å². The van der Waals surface area contributed by atoms with Crippen LogP contribution in [0.4, 0.5) is 11.4 Å². The van der Waals surface area contributed by atoms with E-state index in [1.54, 1.807) is 24.3 Å². The number of carbonyl (C=O) groups is 2. The molecule has 0 atom stereocenters. The number of thioether (sulfide) groups is 1. The summed E-state index contributed by atoms with van der Waals surface area (Å²) >= 11 is 1.38. The van der Waals surface area contributed by atoms with Crippen molar-refractivity contribution < 1.29 is 23.8 Å². The zero-order chi connectivity index (χ0) is 25.0. The van der Waals surface area contributed by atoms with Gasteiger partial charge >= 0.3 is 0 Å². The van der Waals surface area contributed by atoms with Gasteiger partial charge in [0.15, 0.2) is 0 Å². The SMILES string of the molecule is CCCCOc1ccc(NC(=O)CSc2cccc(NC(=O)c3c(OC)cccc3OC)c2)cc1. The fraction of sp³-hybridized carbons (Fsp3) is 0.259. The molecule has 35 heavy (non-hydrogen) atoms. The molecule has 0 aromatic heterocycles. The van der Waals surface area contributed by atoms with Crippen molar-refractivity contribution >= 4 is 35.0 Å². The van der Waals surface area contributed by atoms with Crippen molar-refractivity contribution in [2.45, 2.75) is 24.7 Å². The number of hydrogen-bond donors (Lipinski definition) is 2. The number of amides is 2. The summed E-state index contributed by atoms with van der Waals surface area (Å²) in [5, 5.41) is 5.76. The molecule has 0 aliphatic carbocycles. The highest BCUT2D eigenvalue weighted by molar-refractivity contribution is 8.00. The summed E-state index contributed by atoms with van der Waals surface area (Å²) in [5.74, 6) is 1.39. The molecule has 0 heterocycles. The van der Waals surface area contributed by atoms with E-state index in [1.807, 2.05) is 42.5 Å². The van der Waals surface area contributed by atoms with Crippen molar-refractivity contribution in [3.05, 3.63) is 72.3 Å². The summed E-state index contributed by atoms with van der Waals surface area (Å²) in [6.45, 7) is 2.80. The first-order valence-electron chi connectivity index (χ1n) is 11.3. The molecule has 0 saturated heterocycles. The van der Waals surface area contributed by atoms with E-state index in [1.165, 1.54) is 26.0 Å². The maximum Gasteiger partial charge on any atom is 0.263 e. The van der Waals surface area contributed by atoms with E-state index in [9.17, 15) is 9.59 Å². The first-order chi connectivity index (χ1) is 17.0. The molecule has 0 radical (unpaired) electrons. The fourth-order valence-corrected chi connectivity index (χ4v) is 4.00. The maximum atomic E-state index is 12.9. The van der Waals surface area contributed by atoms with Crippen LogP contribution in [0.2, 0.25) is 0 Å². The van der Waals surface area contributed by atoms with Gasteiger partial charge in [0.25, 0.3) is 5.91 Å². The molecule has 8 heteroatoms. The summed E-state index contributed by atoms with van der Waals surface area (Å²) in [6, 6.07) is 19.8. The fourth-order valence-electron chi connectivity index (χ4n) is 3.25. The monoisotopic (exact) mass is 494 g/mol. The predicted molar refractivity (Wildman–Crippen MR) is 140 cm³/mol. The molecule has 0 fully saturated rings. The Bertz CT molecular complexity index is 1110. The van der Waals surface area contributed by atoms with Gasteiger partial charge in [0.1, 0.15) is 22.8 Å². The summed E-state index contributed by atoms with van der Waals surface area (Å²) < 4.78 is 16.3. The minimum Gasteiger partial charge on any atom is -0.496 e. The Labute approximate surface area is 210 Å². The van der Waals surface area contributed by atoms with Crippen molar-refractivity contribution in [1.29, 1.82) is 0 Å². The third-order valence-corrected chi connectivity index (χ3v) is 6.02. The average molecular weight is 495 g/mol. The lowest BCUT2D eigenvalue weighted by atomic mass is 10.1. The molecule has 2 N–H and O–H groups in total. The summed E-state index contributed by atoms with van der Waals surface area (Å²) in [4.78, 5) is 26.2. The topological polar surface area (TPSA) is 85.9 Å². The molecule has 0 spiro atoms. The van der Waals surface area contributed by atoms with Gasteiger partial charge in [-0.05, 0) is 61.0 Å². The molecule has 184 valence electrons. The van der Waals surface area contributed by atoms with E-state index < -0.39 is 0 Å². The Hall–Kier alpha value is -3.65. The number of ether oxygens (including phenoxy) is 3. The molecule has 0 saturated carbocycles. The molecule has 3 aromatic carbocycles. The normalized spacial score (nSPS) is 10.4. The van der Waals surface area contributed by atoms with Gasteiger partial charge in [0.2, 0.25) is 5.91 Å². The van der Waals surface area contributed by atoms with Crippen LogP contribution in [0, 0.1) is 0 Å². The van der Waals surface area contributed by atoms with Crippen molar-refractivity contribution in [2.24, 2.45) is 0 Å². The molecule has 0 bridgehead atoms. The summed E-state index contributed by atoms with van der Waals surface area (Å²) in [7, 11) is 3.01. The van der Waals surface area contributed by atoms with Crippen molar-refractivity contribution in [1.82, 2.24) is 0 Å². The summed E-state index contributed by atoms with van der Waals surface area (Å²) in [5.41, 5.74) is 1.63. The van der Waals surface area contributed by atoms with Gasteiger partial charge in [0, 0.05) is 16.3 Å². The van der Waals surface area contributed by atoms with Crippen LogP contribution in [0.25, 0.3) is 0 Å². The quantitative estimate of drug-likeness (QED) is 0.242. The number of anilines is 2. The molecule has 2 amide bonds. The number of hydrogen-bond acceptors (Lipinski definition) is 6. The van der Waals surface area contributed by atoms with Crippen LogP contribution in [-0.2, 0) is 4.79 Å². The number of nitrogens with one attached hydrogen (secondary N) is 2. The number of benzene rings is 3. The minimum atomic E-state index is -0.346. The average Bonchev–Trinajstić information content (AvgIpc) is 2.88. The first kappa shape index (κ1) is 26.0. The van der Waals surface area contributed by atoms with Gasteiger partial charge in [0.05, 0.1) is 26.6 Å². The molecule has 3 aromatic rings. The van der Waals surface area contributed by atoms with E-state index in [0.29, 0.717) is 35.0 Å². The molecule has 0 aliphatic heterocycles. The second kappa shape index (κ2) is 13.3. The van der Waals surface area contributed by atoms with E-state index in [-0.39, 0.29) is 17.6 Å². The molecule has 0 aliphatic rings. The lowest BCUT2D eigenvalue weighted by molar-refractivity contribution is -0.113. The molecule has 0 unspecified atom stereocenters. The second-order valence-electron chi connectivity index (χ2n) is 7.58. The molecular weight excluding hydrogens is 464 g/mol. The van der Waals surface area contributed by atoms with Crippen molar-refractivity contribution in [2.75, 3.05) is 37.2 Å². The maximum absolute atomic E-state index is 12.9. The van der Waals surface area contributed by atoms with Gasteiger partial charge in [-0.3, -0.25) is 9.59 Å². The molecular formula is C27H30N2O5S. The van der Waals surface area contributed by atoms with Gasteiger partial charge in [-0.15, -0.1) is 11.8 Å². The van der Waals surface area contributed by atoms with Crippen LogP contribution in [0.1, 0.15) is 30.1 Å². The minimum absolute atomic E-state index is 0.122. The summed E-state index contributed by atoms with van der Waals surface area (Å²) in [6.07, 6.45) is 2.09. The van der Waals surface area contributed by atoms with Gasteiger partial charge in [-0.2, -0.15) is 0 Å². The van der Waals surface area contributed by atoms with Gasteiger partial charge in [-0.25, -0.2) is 0 Å². The Morgan fingerprint density at radius 2 is 1.54 bits per heavy atom. The number of unbranched alkanes of at least 4 members (excludes halogenated alkanes) is 1. The van der Waals surface area contributed by atoms with Crippen LogP contribution in [0.5, 0.6) is 17.2 Å². The van der Waals surface area contributed by atoms with Gasteiger partial charge in [-0.1, -0.05) is 25.5 Å². The zero-order valence-electron chi connectivity index (χ0n) is 20.1. The standard InChI is InChI=1S/C27H30N2O5S/c1-4-5-16-34-21-14-12-19(13-15-21)28-25(30)18-35-22-9-6-8-20(17-22)29-27(31)26-23(32-2)10-7-11-24(26)33-3/h6-15,17H,4-5,16,18H2,1-3H3,(H,28,30)(H,29,31). The highest BCUT2D eigenvalue weighted by atomic mass is 32.2. The third-order valence-electron chi connectivity index (χ3n) is 5.02. The van der Waals surface area contributed by atoms with Crippen molar-refractivity contribution in [3.63, 3.8) is 0 Å². The van der Waals surface area contributed by atoms with Crippen LogP contribution in [0.3, 0.4) is 0 Å². The predicted octanol–water partition coefficient (Wildman–Crippen LogP) is 5.87. The highest BCUT2D eigenvalue weighted by Gasteiger charge is 2.18. The van der Waals surface area contributed by atoms with E-state index >= 15 is 0 Å². The number of carbonyl (C=O) groups excluding carboxylic acids is 2. The van der Waals surface area contributed by atoms with E-state index in [2.05, 4.69) is 17.6 Å². The van der Waals surface area contributed by atoms with Crippen LogP contribution >= 0.6 is 11.8 Å². The van der Waals surface area contributed by atoms with E-state index in [4.69, 9.17) is 14.2 Å². The molecule has 7 nitrogen and oxygen atoms in total. The first-order valence-corrected chi connectivity index (χ1v) is 12.3. The number of rotatable bonds is 12. The largest absolute Gasteiger partial charge is 0.496 e. The Morgan fingerprint density at radius 1 is 0.857 bits per heavy atom. The highest BCUT2D eigenvalue weighted by Crippen LogP contribution is 2.30. The third kappa shape index (κ3) is 7.68. The van der Waals surface area contributed by atoms with Crippen LogP contribution in [-0.4, -0.2) is 38.4 Å². The lowest BCUT2D eigenvalue weighted by Gasteiger charge is -2.13. The van der Waals surface area contributed by atoms with E-state index in [0.717, 1.165) is 23.5 Å². The van der Waals surface area contributed by atoms with Crippen molar-refractivity contribution in [3.8, 4) is 17.2 Å².